The molecule has 0 aliphatic carbocycles. The summed E-state index contributed by atoms with van der Waals surface area (Å²) in [7, 11) is 0. The van der Waals surface area contributed by atoms with Crippen LogP contribution in [0.3, 0.4) is 0 Å². The number of amides is 1. The predicted octanol–water partition coefficient (Wildman–Crippen LogP) is 3.40. The van der Waals surface area contributed by atoms with Gasteiger partial charge < -0.3 is 19.4 Å². The molecular formula is C21H22N2O3. The summed E-state index contributed by atoms with van der Waals surface area (Å²) in [5, 5.41) is 1.10. The molecular weight excluding hydrogens is 328 g/mol. The van der Waals surface area contributed by atoms with Crippen molar-refractivity contribution < 1.29 is 14.3 Å². The number of fused-ring (bicyclic) bond motifs is 2. The molecule has 2 heterocycles. The fourth-order valence-corrected chi connectivity index (χ4v) is 3.36. The van der Waals surface area contributed by atoms with E-state index in [0.29, 0.717) is 26.1 Å². The van der Waals surface area contributed by atoms with Crippen molar-refractivity contribution >= 4 is 16.8 Å². The van der Waals surface area contributed by atoms with Crippen molar-refractivity contribution in [1.82, 2.24) is 9.88 Å². The molecule has 1 N–H and O–H groups in total. The standard InChI is InChI=1S/C21H22N2O3/c1-2-23(13-16-14-25-19-9-5-6-10-20(19)26-16)21(24)11-15-12-22-18-8-4-3-7-17(15)18/h3-10,12,16,22H,2,11,13-14H2,1H3. The molecule has 0 spiro atoms. The quantitative estimate of drug-likeness (QED) is 0.767. The van der Waals surface area contributed by atoms with E-state index in [0.717, 1.165) is 28.0 Å². The summed E-state index contributed by atoms with van der Waals surface area (Å²) in [6.07, 6.45) is 2.14. The molecule has 3 aromatic rings. The fraction of sp³-hybridized carbons (Fsp3) is 0.286. The first-order valence-corrected chi connectivity index (χ1v) is 8.96. The van der Waals surface area contributed by atoms with Crippen molar-refractivity contribution in [3.8, 4) is 11.5 Å². The van der Waals surface area contributed by atoms with Crippen molar-refractivity contribution in [2.24, 2.45) is 0 Å². The summed E-state index contributed by atoms with van der Waals surface area (Å²) in [5.41, 5.74) is 2.08. The molecule has 2 aromatic carbocycles. The number of para-hydroxylation sites is 3. The minimum Gasteiger partial charge on any atom is -0.486 e. The van der Waals surface area contributed by atoms with Crippen LogP contribution in [-0.4, -0.2) is 41.6 Å². The second-order valence-corrected chi connectivity index (χ2v) is 6.47. The van der Waals surface area contributed by atoms with E-state index in [1.807, 2.05) is 66.6 Å². The first-order chi connectivity index (χ1) is 12.7. The summed E-state index contributed by atoms with van der Waals surface area (Å²) >= 11 is 0. The summed E-state index contributed by atoms with van der Waals surface area (Å²) < 4.78 is 11.8. The molecule has 0 saturated heterocycles. The van der Waals surface area contributed by atoms with Gasteiger partial charge in [-0.05, 0) is 30.7 Å². The summed E-state index contributed by atoms with van der Waals surface area (Å²) in [6.45, 7) is 3.60. The lowest BCUT2D eigenvalue weighted by molar-refractivity contribution is -0.131. The molecule has 1 aromatic heterocycles. The van der Waals surface area contributed by atoms with Crippen LogP contribution in [-0.2, 0) is 11.2 Å². The number of hydrogen-bond acceptors (Lipinski definition) is 3. The van der Waals surface area contributed by atoms with Gasteiger partial charge in [0.25, 0.3) is 0 Å². The Balaban J connectivity index is 1.43. The number of carbonyl (C=O) groups is 1. The van der Waals surface area contributed by atoms with Crippen LogP contribution in [0.5, 0.6) is 11.5 Å². The highest BCUT2D eigenvalue weighted by molar-refractivity contribution is 5.88. The minimum atomic E-state index is -0.156. The molecule has 1 atom stereocenters. The maximum absolute atomic E-state index is 12.8. The number of H-pyrrole nitrogens is 1. The number of aromatic nitrogens is 1. The van der Waals surface area contributed by atoms with Gasteiger partial charge in [-0.3, -0.25) is 4.79 Å². The normalized spacial score (nSPS) is 15.8. The molecule has 1 aliphatic heterocycles. The Labute approximate surface area is 152 Å². The third-order valence-corrected chi connectivity index (χ3v) is 4.74. The number of benzene rings is 2. The van der Waals surface area contributed by atoms with Crippen molar-refractivity contribution in [2.45, 2.75) is 19.4 Å². The second-order valence-electron chi connectivity index (χ2n) is 6.47. The van der Waals surface area contributed by atoms with Crippen LogP contribution in [0.4, 0.5) is 0 Å². The third-order valence-electron chi connectivity index (χ3n) is 4.74. The zero-order valence-electron chi connectivity index (χ0n) is 14.8. The SMILES string of the molecule is CCN(CC1COc2ccccc2O1)C(=O)Cc1c[nH]c2ccccc12. The smallest absolute Gasteiger partial charge is 0.227 e. The molecule has 5 nitrogen and oxygen atoms in total. The zero-order valence-corrected chi connectivity index (χ0v) is 14.8. The summed E-state index contributed by atoms with van der Waals surface area (Å²) in [5.74, 6) is 1.60. The van der Waals surface area contributed by atoms with Crippen LogP contribution in [0, 0.1) is 0 Å². The van der Waals surface area contributed by atoms with E-state index in [1.54, 1.807) is 0 Å². The van der Waals surface area contributed by atoms with Gasteiger partial charge in [0, 0.05) is 23.6 Å². The second kappa shape index (κ2) is 7.12. The predicted molar refractivity (Wildman–Crippen MR) is 101 cm³/mol. The number of hydrogen-bond donors (Lipinski definition) is 1. The van der Waals surface area contributed by atoms with Crippen LogP contribution in [0.1, 0.15) is 12.5 Å². The van der Waals surface area contributed by atoms with Crippen molar-refractivity contribution in [2.75, 3.05) is 19.7 Å². The highest BCUT2D eigenvalue weighted by Crippen LogP contribution is 2.31. The maximum atomic E-state index is 12.8. The molecule has 0 bridgehead atoms. The summed E-state index contributed by atoms with van der Waals surface area (Å²) in [6, 6.07) is 15.7. The van der Waals surface area contributed by atoms with Gasteiger partial charge in [0.05, 0.1) is 13.0 Å². The molecule has 0 radical (unpaired) electrons. The van der Waals surface area contributed by atoms with Crippen LogP contribution < -0.4 is 9.47 Å². The number of nitrogens with one attached hydrogen (secondary N) is 1. The van der Waals surface area contributed by atoms with Crippen LogP contribution >= 0.6 is 0 Å². The Bertz CT molecular complexity index is 918. The largest absolute Gasteiger partial charge is 0.486 e. The minimum absolute atomic E-state index is 0.0970. The van der Waals surface area contributed by atoms with Crippen LogP contribution in [0.25, 0.3) is 10.9 Å². The zero-order chi connectivity index (χ0) is 17.9. The Morgan fingerprint density at radius 3 is 2.77 bits per heavy atom. The third kappa shape index (κ3) is 3.25. The number of nitrogens with zero attached hydrogens (tertiary/aromatic N) is 1. The Hall–Kier alpha value is -2.95. The molecule has 134 valence electrons. The summed E-state index contributed by atoms with van der Waals surface area (Å²) in [4.78, 5) is 17.9. The lowest BCUT2D eigenvalue weighted by Crippen LogP contribution is -2.44. The molecule has 4 rings (SSSR count). The maximum Gasteiger partial charge on any atom is 0.227 e. The van der Waals surface area contributed by atoms with E-state index in [-0.39, 0.29) is 12.0 Å². The highest BCUT2D eigenvalue weighted by atomic mass is 16.6. The average Bonchev–Trinajstić information content (AvgIpc) is 3.09. The monoisotopic (exact) mass is 350 g/mol. The molecule has 1 amide bonds. The van der Waals surface area contributed by atoms with E-state index in [1.165, 1.54) is 0 Å². The van der Waals surface area contributed by atoms with Gasteiger partial charge in [0.15, 0.2) is 17.6 Å². The van der Waals surface area contributed by atoms with Gasteiger partial charge in [-0.25, -0.2) is 0 Å². The Kier molecular flexibility index (Phi) is 4.52. The molecule has 0 saturated carbocycles. The van der Waals surface area contributed by atoms with Crippen LogP contribution in [0.15, 0.2) is 54.7 Å². The van der Waals surface area contributed by atoms with E-state index < -0.39 is 0 Å². The van der Waals surface area contributed by atoms with E-state index in [2.05, 4.69) is 4.98 Å². The lowest BCUT2D eigenvalue weighted by Gasteiger charge is -2.31. The topological polar surface area (TPSA) is 54.6 Å². The van der Waals surface area contributed by atoms with Gasteiger partial charge in [-0.1, -0.05) is 30.3 Å². The number of aromatic amines is 1. The van der Waals surface area contributed by atoms with Gasteiger partial charge in [0.2, 0.25) is 5.91 Å². The Morgan fingerprint density at radius 2 is 1.92 bits per heavy atom. The van der Waals surface area contributed by atoms with Crippen LogP contribution in [0.2, 0.25) is 0 Å². The highest BCUT2D eigenvalue weighted by Gasteiger charge is 2.25. The van der Waals surface area contributed by atoms with E-state index in [4.69, 9.17) is 9.47 Å². The number of ether oxygens (including phenoxy) is 2. The molecule has 26 heavy (non-hydrogen) atoms. The number of rotatable bonds is 5. The number of carbonyl (C=O) groups excluding carboxylic acids is 1. The lowest BCUT2D eigenvalue weighted by atomic mass is 10.1. The van der Waals surface area contributed by atoms with Gasteiger partial charge in [0.1, 0.15) is 6.61 Å². The molecule has 1 unspecified atom stereocenters. The first-order valence-electron chi connectivity index (χ1n) is 8.96. The average molecular weight is 350 g/mol. The van der Waals surface area contributed by atoms with E-state index in [9.17, 15) is 4.79 Å². The Morgan fingerprint density at radius 1 is 1.15 bits per heavy atom. The fourth-order valence-electron chi connectivity index (χ4n) is 3.36. The molecule has 5 heteroatoms. The number of likely N-dealkylation sites (N-methyl/N-ethyl adjacent to an activating group) is 1. The first kappa shape index (κ1) is 16.5. The van der Waals surface area contributed by atoms with Gasteiger partial charge >= 0.3 is 0 Å². The van der Waals surface area contributed by atoms with Crippen molar-refractivity contribution in [3.63, 3.8) is 0 Å². The van der Waals surface area contributed by atoms with Crippen molar-refractivity contribution in [3.05, 3.63) is 60.3 Å². The van der Waals surface area contributed by atoms with Crippen molar-refractivity contribution in [1.29, 1.82) is 0 Å². The van der Waals surface area contributed by atoms with Gasteiger partial charge in [-0.15, -0.1) is 0 Å². The van der Waals surface area contributed by atoms with Gasteiger partial charge in [-0.2, -0.15) is 0 Å². The molecule has 0 fully saturated rings. The van der Waals surface area contributed by atoms with E-state index >= 15 is 0 Å². The molecule has 1 aliphatic rings.